The van der Waals surface area contributed by atoms with Crippen molar-refractivity contribution in [2.24, 2.45) is 0 Å². The number of piperidine rings is 1. The number of hydrogen-bond acceptors (Lipinski definition) is 4. The van der Waals surface area contributed by atoms with Gasteiger partial charge in [0.05, 0.1) is 12.2 Å². The molecule has 0 spiro atoms. The summed E-state index contributed by atoms with van der Waals surface area (Å²) in [7, 11) is 0. The average Bonchev–Trinajstić information content (AvgIpc) is 3.18. The van der Waals surface area contributed by atoms with Crippen molar-refractivity contribution in [3.05, 3.63) is 29.8 Å². The minimum absolute atomic E-state index is 0.0523. The van der Waals surface area contributed by atoms with Crippen molar-refractivity contribution in [3.8, 4) is 0 Å². The van der Waals surface area contributed by atoms with Crippen LogP contribution in [0.1, 0.15) is 57.4 Å². The molecule has 2 amide bonds. The van der Waals surface area contributed by atoms with Crippen LogP contribution in [0.15, 0.2) is 23.0 Å². The number of aromatic nitrogens is 3. The maximum absolute atomic E-state index is 12.6. The largest absolute Gasteiger partial charge is 0.359 e. The molecule has 0 aromatic carbocycles. The topological polar surface area (TPSA) is 87.0 Å². The zero-order chi connectivity index (χ0) is 16.4. The molecule has 3 heterocycles. The molecular formula is C16H23N5O2. The zero-order valence-electron chi connectivity index (χ0n) is 13.8. The van der Waals surface area contributed by atoms with Crippen molar-refractivity contribution < 1.29 is 9.32 Å². The average molecular weight is 317 g/mol. The Morgan fingerprint density at radius 1 is 1.43 bits per heavy atom. The van der Waals surface area contributed by atoms with E-state index < -0.39 is 0 Å². The summed E-state index contributed by atoms with van der Waals surface area (Å²) in [5, 5.41) is 13.6. The van der Waals surface area contributed by atoms with Crippen molar-refractivity contribution in [3.63, 3.8) is 0 Å². The molecule has 0 aliphatic carbocycles. The van der Waals surface area contributed by atoms with Crippen LogP contribution in [0.25, 0.3) is 0 Å². The Morgan fingerprint density at radius 2 is 2.26 bits per heavy atom. The summed E-state index contributed by atoms with van der Waals surface area (Å²) < 4.78 is 5.32. The van der Waals surface area contributed by atoms with E-state index in [2.05, 4.69) is 20.7 Å². The predicted molar refractivity (Wildman–Crippen MR) is 86.1 cm³/mol. The molecule has 1 atom stereocenters. The molecule has 0 bridgehead atoms. The molecule has 2 N–H and O–H groups in total. The van der Waals surface area contributed by atoms with Gasteiger partial charge < -0.3 is 9.42 Å². The Labute approximate surface area is 135 Å². The van der Waals surface area contributed by atoms with E-state index in [0.29, 0.717) is 5.82 Å². The lowest BCUT2D eigenvalue weighted by Crippen LogP contribution is -2.41. The number of carbonyl (C=O) groups excluding carboxylic acids is 1. The Hall–Kier alpha value is -2.31. The Morgan fingerprint density at radius 3 is 2.91 bits per heavy atom. The maximum Gasteiger partial charge on any atom is 0.323 e. The molecule has 1 saturated heterocycles. The number of rotatable bonds is 2. The quantitative estimate of drug-likeness (QED) is 0.888. The molecule has 0 saturated carbocycles. The minimum Gasteiger partial charge on any atom is -0.359 e. The zero-order valence-corrected chi connectivity index (χ0v) is 13.8. The number of likely N-dealkylation sites (tertiary alicyclic amines) is 1. The first-order chi connectivity index (χ1) is 10.9. The molecule has 7 heteroatoms. The van der Waals surface area contributed by atoms with Crippen LogP contribution in [0.4, 0.5) is 10.6 Å². The third kappa shape index (κ3) is 3.38. The number of urea groups is 1. The van der Waals surface area contributed by atoms with Gasteiger partial charge in [0.25, 0.3) is 0 Å². The van der Waals surface area contributed by atoms with Crippen molar-refractivity contribution in [2.75, 3.05) is 11.9 Å². The first-order valence-electron chi connectivity index (χ1n) is 7.98. The van der Waals surface area contributed by atoms with E-state index in [1.807, 2.05) is 31.9 Å². The number of aromatic amines is 1. The van der Waals surface area contributed by atoms with Crippen molar-refractivity contribution in [1.29, 1.82) is 0 Å². The van der Waals surface area contributed by atoms with Crippen LogP contribution in [0, 0.1) is 0 Å². The van der Waals surface area contributed by atoms with E-state index in [9.17, 15) is 4.79 Å². The highest BCUT2D eigenvalue weighted by Gasteiger charge is 2.29. The summed E-state index contributed by atoms with van der Waals surface area (Å²) in [6, 6.07) is 1.69. The van der Waals surface area contributed by atoms with Crippen LogP contribution in [-0.2, 0) is 5.41 Å². The molecule has 23 heavy (non-hydrogen) atoms. The van der Waals surface area contributed by atoms with Crippen LogP contribution >= 0.6 is 0 Å². The van der Waals surface area contributed by atoms with Gasteiger partial charge in [-0.25, -0.2) is 4.79 Å². The van der Waals surface area contributed by atoms with Gasteiger partial charge in [0.2, 0.25) is 0 Å². The first kappa shape index (κ1) is 15.6. The van der Waals surface area contributed by atoms with Crippen molar-refractivity contribution in [2.45, 2.75) is 51.5 Å². The van der Waals surface area contributed by atoms with Gasteiger partial charge in [0.15, 0.2) is 5.82 Å². The second kappa shape index (κ2) is 6.06. The highest BCUT2D eigenvalue weighted by Crippen LogP contribution is 2.31. The molecule has 1 fully saturated rings. The second-order valence-corrected chi connectivity index (χ2v) is 6.99. The molecule has 2 aromatic rings. The van der Waals surface area contributed by atoms with Gasteiger partial charge in [-0.3, -0.25) is 10.4 Å². The first-order valence-corrected chi connectivity index (χ1v) is 7.98. The smallest absolute Gasteiger partial charge is 0.323 e. The molecule has 0 radical (unpaired) electrons. The molecular weight excluding hydrogens is 294 g/mol. The fourth-order valence-corrected chi connectivity index (χ4v) is 2.83. The van der Waals surface area contributed by atoms with Gasteiger partial charge in [-0.05, 0) is 19.3 Å². The normalized spacial score (nSPS) is 18.9. The number of hydrogen-bond donors (Lipinski definition) is 2. The highest BCUT2D eigenvalue weighted by atomic mass is 16.5. The summed E-state index contributed by atoms with van der Waals surface area (Å²) in [5.41, 5.74) is 0.899. The molecule has 3 rings (SSSR count). The van der Waals surface area contributed by atoms with Gasteiger partial charge in [0, 0.05) is 29.8 Å². The summed E-state index contributed by atoms with van der Waals surface area (Å²) in [4.78, 5) is 14.5. The molecule has 7 nitrogen and oxygen atoms in total. The fourth-order valence-electron chi connectivity index (χ4n) is 2.83. The van der Waals surface area contributed by atoms with Crippen molar-refractivity contribution >= 4 is 11.8 Å². The van der Waals surface area contributed by atoms with Gasteiger partial charge in [-0.2, -0.15) is 5.10 Å². The summed E-state index contributed by atoms with van der Waals surface area (Å²) in [6.07, 6.45) is 6.69. The number of H-pyrrole nitrogens is 1. The van der Waals surface area contributed by atoms with E-state index in [1.165, 1.54) is 0 Å². The Balaban J connectivity index is 1.72. The molecule has 124 valence electrons. The Bertz CT molecular complexity index is 656. The van der Waals surface area contributed by atoms with Gasteiger partial charge in [-0.1, -0.05) is 25.9 Å². The van der Waals surface area contributed by atoms with E-state index in [1.54, 1.807) is 12.3 Å². The number of nitrogens with zero attached hydrogens (tertiary/aromatic N) is 3. The number of nitrogens with one attached hydrogen (secondary N) is 2. The van der Waals surface area contributed by atoms with Crippen molar-refractivity contribution in [1.82, 2.24) is 20.3 Å². The van der Waals surface area contributed by atoms with E-state index >= 15 is 0 Å². The summed E-state index contributed by atoms with van der Waals surface area (Å²) in [5.74, 6) is 1.20. The standard InChI is InChI=1S/C16H23N5O2/c1-16(2,3)13-8-14(20-23-13)19-15(22)21-7-5-4-6-12(21)11-9-17-18-10-11/h8-10,12H,4-7H2,1-3H3,(H,17,18)(H,19,20,22)/t12-/m0/s1. The number of carbonyl (C=O) groups is 1. The highest BCUT2D eigenvalue weighted by molar-refractivity contribution is 5.88. The SMILES string of the molecule is CC(C)(C)c1cc(NC(=O)N2CCCC[C@H]2c2cn[nH]c2)no1. The summed E-state index contributed by atoms with van der Waals surface area (Å²) in [6.45, 7) is 6.85. The third-order valence-corrected chi connectivity index (χ3v) is 4.15. The lowest BCUT2D eigenvalue weighted by Gasteiger charge is -2.34. The van der Waals surface area contributed by atoms with Gasteiger partial charge >= 0.3 is 6.03 Å². The van der Waals surface area contributed by atoms with Crippen LogP contribution in [0.3, 0.4) is 0 Å². The monoisotopic (exact) mass is 317 g/mol. The number of anilines is 1. The van der Waals surface area contributed by atoms with E-state index in [4.69, 9.17) is 4.52 Å². The fraction of sp³-hybridized carbons (Fsp3) is 0.562. The van der Waals surface area contributed by atoms with Crippen LogP contribution in [-0.4, -0.2) is 32.8 Å². The number of amides is 2. The van der Waals surface area contributed by atoms with E-state index in [0.717, 1.165) is 37.1 Å². The minimum atomic E-state index is -0.148. The van der Waals surface area contributed by atoms with Gasteiger partial charge in [0.1, 0.15) is 5.76 Å². The molecule has 2 aromatic heterocycles. The van der Waals surface area contributed by atoms with Crippen LogP contribution in [0.5, 0.6) is 0 Å². The molecule has 0 unspecified atom stereocenters. The molecule has 1 aliphatic rings. The molecule has 1 aliphatic heterocycles. The predicted octanol–water partition coefficient (Wildman–Crippen LogP) is 3.45. The Kier molecular flexibility index (Phi) is 4.11. The lowest BCUT2D eigenvalue weighted by molar-refractivity contribution is 0.163. The summed E-state index contributed by atoms with van der Waals surface area (Å²) >= 11 is 0. The third-order valence-electron chi connectivity index (χ3n) is 4.15. The van der Waals surface area contributed by atoms with Crippen LogP contribution in [0.2, 0.25) is 0 Å². The second-order valence-electron chi connectivity index (χ2n) is 6.99. The maximum atomic E-state index is 12.6. The van der Waals surface area contributed by atoms with Gasteiger partial charge in [-0.15, -0.1) is 0 Å². The van der Waals surface area contributed by atoms with Crippen LogP contribution < -0.4 is 5.32 Å². The van der Waals surface area contributed by atoms with E-state index in [-0.39, 0.29) is 17.5 Å². The lowest BCUT2D eigenvalue weighted by atomic mass is 9.93.